The quantitative estimate of drug-likeness (QED) is 0.468. The average Bonchev–Trinajstić information content (AvgIpc) is 3.34. The molecule has 0 spiro atoms. The Kier molecular flexibility index (Phi) is 9.43. The summed E-state index contributed by atoms with van der Waals surface area (Å²) in [6.07, 6.45) is 5.09. The van der Waals surface area contributed by atoms with Crippen molar-refractivity contribution in [1.82, 2.24) is 10.2 Å². The highest BCUT2D eigenvalue weighted by Crippen LogP contribution is 2.22. The van der Waals surface area contributed by atoms with Crippen LogP contribution in [0.4, 0.5) is 0 Å². The fourth-order valence-electron chi connectivity index (χ4n) is 4.01. The van der Waals surface area contributed by atoms with Crippen LogP contribution in [0.5, 0.6) is 11.5 Å². The van der Waals surface area contributed by atoms with Crippen LogP contribution in [0, 0.1) is 0 Å². The Morgan fingerprint density at radius 3 is 2.42 bits per heavy atom. The highest BCUT2D eigenvalue weighted by atomic mass is 35.5. The number of rotatable bonds is 11. The third kappa shape index (κ3) is 7.39. The van der Waals surface area contributed by atoms with E-state index in [0.717, 1.165) is 42.7 Å². The van der Waals surface area contributed by atoms with Gasteiger partial charge in [0.05, 0.1) is 13.7 Å². The van der Waals surface area contributed by atoms with Gasteiger partial charge in [0.15, 0.2) is 0 Å². The molecule has 0 unspecified atom stereocenters. The average molecular weight is 473 g/mol. The summed E-state index contributed by atoms with van der Waals surface area (Å²) in [6.45, 7) is 2.48. The molecule has 1 saturated carbocycles. The Bertz CT molecular complexity index is 913. The van der Waals surface area contributed by atoms with Gasteiger partial charge in [-0.25, -0.2) is 0 Å². The van der Waals surface area contributed by atoms with E-state index in [2.05, 4.69) is 5.32 Å². The zero-order valence-corrected chi connectivity index (χ0v) is 20.1. The van der Waals surface area contributed by atoms with Crippen molar-refractivity contribution in [3.8, 4) is 11.5 Å². The molecule has 0 aliphatic heterocycles. The highest BCUT2D eigenvalue weighted by Gasteiger charge is 2.28. The lowest BCUT2D eigenvalue weighted by Crippen LogP contribution is -2.49. The van der Waals surface area contributed by atoms with Gasteiger partial charge in [-0.15, -0.1) is 0 Å². The van der Waals surface area contributed by atoms with E-state index in [1.165, 1.54) is 0 Å². The molecule has 1 atom stereocenters. The molecule has 3 rings (SSSR count). The van der Waals surface area contributed by atoms with E-state index in [1.807, 2.05) is 42.5 Å². The van der Waals surface area contributed by atoms with E-state index >= 15 is 0 Å². The SMILES string of the molecule is COc1ccc(OCCCC(=O)N(Cc2ccccc2Cl)[C@H](C)C(=O)NC2CCCC2)cc1. The molecule has 2 amide bonds. The van der Waals surface area contributed by atoms with Crippen LogP contribution in [0.3, 0.4) is 0 Å². The van der Waals surface area contributed by atoms with E-state index in [0.29, 0.717) is 18.1 Å². The fourth-order valence-corrected chi connectivity index (χ4v) is 4.21. The summed E-state index contributed by atoms with van der Waals surface area (Å²) in [5.74, 6) is 1.28. The number of nitrogens with zero attached hydrogens (tertiary/aromatic N) is 1. The van der Waals surface area contributed by atoms with Crippen molar-refractivity contribution in [2.75, 3.05) is 13.7 Å². The minimum atomic E-state index is -0.586. The summed E-state index contributed by atoms with van der Waals surface area (Å²) in [4.78, 5) is 27.7. The van der Waals surface area contributed by atoms with Gasteiger partial charge in [0.1, 0.15) is 17.5 Å². The lowest BCUT2D eigenvalue weighted by Gasteiger charge is -2.30. The van der Waals surface area contributed by atoms with Crippen LogP contribution < -0.4 is 14.8 Å². The van der Waals surface area contributed by atoms with Gasteiger partial charge in [0, 0.05) is 24.0 Å². The normalized spacial score (nSPS) is 14.5. The Balaban J connectivity index is 1.59. The van der Waals surface area contributed by atoms with Crippen molar-refractivity contribution in [2.45, 2.75) is 64.1 Å². The van der Waals surface area contributed by atoms with Gasteiger partial charge >= 0.3 is 0 Å². The molecule has 0 radical (unpaired) electrons. The summed E-state index contributed by atoms with van der Waals surface area (Å²) in [6, 6.07) is 14.4. The summed E-state index contributed by atoms with van der Waals surface area (Å²) in [5.41, 5.74) is 0.822. The van der Waals surface area contributed by atoms with Crippen LogP contribution in [0.1, 0.15) is 51.0 Å². The largest absolute Gasteiger partial charge is 0.497 e. The van der Waals surface area contributed by atoms with Gasteiger partial charge in [-0.3, -0.25) is 9.59 Å². The molecule has 0 saturated heterocycles. The number of carbonyl (C=O) groups is 2. The molecule has 6 nitrogen and oxygen atoms in total. The van der Waals surface area contributed by atoms with Crippen molar-refractivity contribution in [3.63, 3.8) is 0 Å². The number of methoxy groups -OCH3 is 1. The topological polar surface area (TPSA) is 67.9 Å². The number of benzene rings is 2. The molecule has 0 heterocycles. The Labute approximate surface area is 201 Å². The van der Waals surface area contributed by atoms with Gasteiger partial charge in [-0.1, -0.05) is 42.6 Å². The summed E-state index contributed by atoms with van der Waals surface area (Å²) >= 11 is 6.34. The van der Waals surface area contributed by atoms with E-state index in [1.54, 1.807) is 25.0 Å². The number of amides is 2. The maximum atomic E-state index is 13.2. The first-order valence-corrected chi connectivity index (χ1v) is 12.0. The Morgan fingerprint density at radius 1 is 1.09 bits per heavy atom. The third-order valence-electron chi connectivity index (χ3n) is 6.03. The van der Waals surface area contributed by atoms with Gasteiger partial charge in [0.25, 0.3) is 0 Å². The Morgan fingerprint density at radius 2 is 1.76 bits per heavy atom. The predicted molar refractivity (Wildman–Crippen MR) is 130 cm³/mol. The zero-order chi connectivity index (χ0) is 23.6. The molecule has 1 aliphatic carbocycles. The number of halogens is 1. The molecule has 1 aliphatic rings. The smallest absolute Gasteiger partial charge is 0.242 e. The second-order valence-electron chi connectivity index (χ2n) is 8.41. The maximum absolute atomic E-state index is 13.2. The molecule has 7 heteroatoms. The van der Waals surface area contributed by atoms with Gasteiger partial charge in [0.2, 0.25) is 11.8 Å². The molecule has 1 fully saturated rings. The first kappa shape index (κ1) is 24.9. The molecule has 0 aromatic heterocycles. The molecule has 178 valence electrons. The number of hydrogen-bond acceptors (Lipinski definition) is 4. The molecule has 2 aromatic carbocycles. The summed E-state index contributed by atoms with van der Waals surface area (Å²) in [5, 5.41) is 3.70. The highest BCUT2D eigenvalue weighted by molar-refractivity contribution is 6.31. The van der Waals surface area contributed by atoms with Gasteiger partial charge in [-0.05, 0) is 62.1 Å². The third-order valence-corrected chi connectivity index (χ3v) is 6.40. The minimum absolute atomic E-state index is 0.0951. The lowest BCUT2D eigenvalue weighted by atomic mass is 10.1. The molecule has 0 bridgehead atoms. The zero-order valence-electron chi connectivity index (χ0n) is 19.4. The lowest BCUT2D eigenvalue weighted by molar-refractivity contribution is -0.141. The number of nitrogens with one attached hydrogen (secondary N) is 1. The van der Waals surface area contributed by atoms with Crippen LogP contribution in [0.15, 0.2) is 48.5 Å². The molecule has 33 heavy (non-hydrogen) atoms. The van der Waals surface area contributed by atoms with Crippen LogP contribution in [0.25, 0.3) is 0 Å². The molecule has 1 N–H and O–H groups in total. The standard InChI is InChI=1S/C26H33ClN2O4/c1-19(26(31)28-21-9-4-5-10-21)29(18-20-8-3-6-11-24(20)27)25(30)12-7-17-33-23-15-13-22(32-2)14-16-23/h3,6,8,11,13-16,19,21H,4-5,7,9-10,12,17-18H2,1-2H3,(H,28,31)/t19-/m1/s1. The Hall–Kier alpha value is -2.73. The first-order valence-electron chi connectivity index (χ1n) is 11.6. The number of carbonyl (C=O) groups excluding carboxylic acids is 2. The fraction of sp³-hybridized carbons (Fsp3) is 0.462. The molecule has 2 aromatic rings. The molecular formula is C26H33ClN2O4. The van der Waals surface area contributed by atoms with Crippen molar-refractivity contribution in [3.05, 3.63) is 59.1 Å². The van der Waals surface area contributed by atoms with Crippen molar-refractivity contribution in [1.29, 1.82) is 0 Å². The second kappa shape index (κ2) is 12.5. The monoisotopic (exact) mass is 472 g/mol. The van der Waals surface area contributed by atoms with Crippen molar-refractivity contribution >= 4 is 23.4 Å². The van der Waals surface area contributed by atoms with Crippen LogP contribution in [0.2, 0.25) is 5.02 Å². The summed E-state index contributed by atoms with van der Waals surface area (Å²) in [7, 11) is 1.62. The maximum Gasteiger partial charge on any atom is 0.242 e. The second-order valence-corrected chi connectivity index (χ2v) is 8.81. The van der Waals surface area contributed by atoms with Crippen LogP contribution >= 0.6 is 11.6 Å². The van der Waals surface area contributed by atoms with Crippen molar-refractivity contribution < 1.29 is 19.1 Å². The van der Waals surface area contributed by atoms with E-state index in [-0.39, 0.29) is 30.8 Å². The van der Waals surface area contributed by atoms with Crippen molar-refractivity contribution in [2.24, 2.45) is 0 Å². The van der Waals surface area contributed by atoms with Gasteiger partial charge < -0.3 is 19.7 Å². The van der Waals surface area contributed by atoms with E-state index in [4.69, 9.17) is 21.1 Å². The number of ether oxygens (including phenoxy) is 2. The van der Waals surface area contributed by atoms with Crippen LogP contribution in [-0.4, -0.2) is 42.5 Å². The minimum Gasteiger partial charge on any atom is -0.497 e. The van der Waals surface area contributed by atoms with E-state index < -0.39 is 6.04 Å². The molecular weight excluding hydrogens is 440 g/mol. The predicted octanol–water partition coefficient (Wildman–Crippen LogP) is 4.98. The first-order chi connectivity index (χ1) is 16.0. The van der Waals surface area contributed by atoms with E-state index in [9.17, 15) is 9.59 Å². The summed E-state index contributed by atoms with van der Waals surface area (Å²) < 4.78 is 10.9. The van der Waals surface area contributed by atoms with Gasteiger partial charge in [-0.2, -0.15) is 0 Å². The number of hydrogen-bond donors (Lipinski definition) is 1. The van der Waals surface area contributed by atoms with Crippen LogP contribution in [-0.2, 0) is 16.1 Å².